The second-order valence-corrected chi connectivity index (χ2v) is 6.41. The third kappa shape index (κ3) is 3.31. The van der Waals surface area contributed by atoms with Crippen LogP contribution in [0.25, 0.3) is 10.8 Å². The highest BCUT2D eigenvalue weighted by Gasteiger charge is 2.12. The molecule has 8 N–H and O–H groups in total. The Morgan fingerprint density at radius 2 is 0.857 bits per heavy atom. The average molecular weight is 372 g/mol. The highest BCUT2D eigenvalue weighted by Crippen LogP contribution is 2.39. The van der Waals surface area contributed by atoms with Crippen molar-refractivity contribution in [2.45, 2.75) is 0 Å². The van der Waals surface area contributed by atoms with Crippen molar-refractivity contribution in [1.82, 2.24) is 0 Å². The summed E-state index contributed by atoms with van der Waals surface area (Å²) < 4.78 is 12.1. The van der Waals surface area contributed by atoms with Crippen LogP contribution in [0.15, 0.2) is 72.8 Å². The van der Waals surface area contributed by atoms with E-state index < -0.39 is 0 Å². The summed E-state index contributed by atoms with van der Waals surface area (Å²) in [6, 6.07) is 21.8. The van der Waals surface area contributed by atoms with Crippen molar-refractivity contribution >= 4 is 33.5 Å². The lowest BCUT2D eigenvalue weighted by Gasteiger charge is -2.15. The fourth-order valence-electron chi connectivity index (χ4n) is 2.98. The summed E-state index contributed by atoms with van der Waals surface area (Å²) in [5.41, 5.74) is 25.7. The van der Waals surface area contributed by atoms with Crippen molar-refractivity contribution in [2.24, 2.45) is 0 Å². The first-order chi connectivity index (χ1) is 13.5. The van der Waals surface area contributed by atoms with Crippen molar-refractivity contribution in [3.05, 3.63) is 72.8 Å². The second kappa shape index (κ2) is 6.92. The van der Waals surface area contributed by atoms with E-state index in [9.17, 15) is 0 Å². The van der Waals surface area contributed by atoms with E-state index in [4.69, 9.17) is 32.4 Å². The molecule has 6 nitrogen and oxygen atoms in total. The summed E-state index contributed by atoms with van der Waals surface area (Å²) in [7, 11) is 0. The van der Waals surface area contributed by atoms with Crippen LogP contribution in [0, 0.1) is 0 Å². The van der Waals surface area contributed by atoms with Crippen LogP contribution in [0.5, 0.6) is 23.0 Å². The predicted octanol–water partition coefficient (Wildman–Crippen LogP) is 4.75. The molecule has 28 heavy (non-hydrogen) atoms. The number of anilines is 4. The lowest BCUT2D eigenvalue weighted by molar-refractivity contribution is 0.480. The molecule has 0 saturated carbocycles. The quantitative estimate of drug-likeness (QED) is 0.383. The number of hydrogen-bond donors (Lipinski definition) is 4. The van der Waals surface area contributed by atoms with E-state index in [2.05, 4.69) is 0 Å². The molecule has 0 unspecified atom stereocenters. The molecular weight excluding hydrogens is 352 g/mol. The molecule has 0 aliphatic heterocycles. The van der Waals surface area contributed by atoms with Crippen molar-refractivity contribution in [2.75, 3.05) is 22.9 Å². The SMILES string of the molecule is Nc1ccc(Oc2ccc(Oc3ccc(N)cc3N)c3ccccc23)c(N)c1. The van der Waals surface area contributed by atoms with Crippen molar-refractivity contribution in [3.8, 4) is 23.0 Å². The number of hydrogen-bond acceptors (Lipinski definition) is 6. The predicted molar refractivity (Wildman–Crippen MR) is 115 cm³/mol. The standard InChI is InChI=1S/C22H20N4O2/c23-13-5-7-21(17(25)11-13)27-19-9-10-20(16-4-2-1-3-15(16)19)28-22-8-6-14(24)12-18(22)26/h1-12H,23-26H2. The van der Waals surface area contributed by atoms with Crippen LogP contribution in [0.2, 0.25) is 0 Å². The maximum absolute atomic E-state index is 6.04. The molecule has 4 rings (SSSR count). The zero-order valence-electron chi connectivity index (χ0n) is 15.1. The molecular formula is C22H20N4O2. The summed E-state index contributed by atoms with van der Waals surface area (Å²) in [4.78, 5) is 0. The first-order valence-corrected chi connectivity index (χ1v) is 8.69. The zero-order chi connectivity index (χ0) is 19.7. The molecule has 0 atom stereocenters. The van der Waals surface area contributed by atoms with Crippen LogP contribution in [0.3, 0.4) is 0 Å². The molecule has 4 aromatic rings. The van der Waals surface area contributed by atoms with Crippen LogP contribution in [0.1, 0.15) is 0 Å². The molecule has 0 amide bonds. The maximum atomic E-state index is 6.04. The van der Waals surface area contributed by atoms with E-state index in [1.54, 1.807) is 36.4 Å². The molecule has 0 aliphatic rings. The smallest absolute Gasteiger partial charge is 0.150 e. The van der Waals surface area contributed by atoms with Crippen LogP contribution >= 0.6 is 0 Å². The Bertz CT molecular complexity index is 1080. The van der Waals surface area contributed by atoms with Gasteiger partial charge >= 0.3 is 0 Å². The summed E-state index contributed by atoms with van der Waals surface area (Å²) >= 11 is 0. The van der Waals surface area contributed by atoms with Crippen LogP contribution in [-0.4, -0.2) is 0 Å². The zero-order valence-corrected chi connectivity index (χ0v) is 15.1. The van der Waals surface area contributed by atoms with Gasteiger partial charge in [-0.15, -0.1) is 0 Å². The molecule has 0 radical (unpaired) electrons. The maximum Gasteiger partial charge on any atom is 0.150 e. The average Bonchev–Trinajstić information content (AvgIpc) is 2.67. The van der Waals surface area contributed by atoms with Gasteiger partial charge in [0.15, 0.2) is 0 Å². The Hall–Kier alpha value is -4.06. The normalized spacial score (nSPS) is 10.7. The highest BCUT2D eigenvalue weighted by molar-refractivity contribution is 5.94. The number of benzene rings is 4. The van der Waals surface area contributed by atoms with Crippen molar-refractivity contribution in [3.63, 3.8) is 0 Å². The topological polar surface area (TPSA) is 123 Å². The molecule has 0 saturated heterocycles. The van der Waals surface area contributed by atoms with Crippen LogP contribution < -0.4 is 32.4 Å². The monoisotopic (exact) mass is 372 g/mol. The van der Waals surface area contributed by atoms with E-state index in [0.29, 0.717) is 45.7 Å². The summed E-state index contributed by atoms with van der Waals surface area (Å²) in [6.07, 6.45) is 0. The van der Waals surface area contributed by atoms with Gasteiger partial charge in [0, 0.05) is 22.1 Å². The first-order valence-electron chi connectivity index (χ1n) is 8.69. The van der Waals surface area contributed by atoms with Gasteiger partial charge in [-0.2, -0.15) is 0 Å². The lowest BCUT2D eigenvalue weighted by atomic mass is 10.1. The Kier molecular flexibility index (Phi) is 4.29. The molecule has 0 bridgehead atoms. The summed E-state index contributed by atoms with van der Waals surface area (Å²) in [6.45, 7) is 0. The fraction of sp³-hybridized carbons (Fsp3) is 0. The van der Waals surface area contributed by atoms with Gasteiger partial charge in [-0.05, 0) is 48.5 Å². The molecule has 0 heterocycles. The molecule has 0 aliphatic carbocycles. The van der Waals surface area contributed by atoms with Gasteiger partial charge in [0.1, 0.15) is 23.0 Å². The minimum Gasteiger partial charge on any atom is -0.455 e. The molecule has 4 aromatic carbocycles. The van der Waals surface area contributed by atoms with Crippen molar-refractivity contribution < 1.29 is 9.47 Å². The van der Waals surface area contributed by atoms with Crippen LogP contribution in [0.4, 0.5) is 22.7 Å². The van der Waals surface area contributed by atoms with Gasteiger partial charge < -0.3 is 32.4 Å². The van der Waals surface area contributed by atoms with E-state index in [1.165, 1.54) is 0 Å². The van der Waals surface area contributed by atoms with Gasteiger partial charge in [0.05, 0.1) is 11.4 Å². The van der Waals surface area contributed by atoms with Gasteiger partial charge in [-0.25, -0.2) is 0 Å². The number of ether oxygens (including phenoxy) is 2. The minimum absolute atomic E-state index is 0.471. The minimum atomic E-state index is 0.471. The lowest BCUT2D eigenvalue weighted by Crippen LogP contribution is -1.96. The van der Waals surface area contributed by atoms with Gasteiger partial charge in [0.2, 0.25) is 0 Å². The van der Waals surface area contributed by atoms with Gasteiger partial charge in [0.25, 0.3) is 0 Å². The second-order valence-electron chi connectivity index (χ2n) is 6.41. The first kappa shape index (κ1) is 17.4. The fourth-order valence-corrected chi connectivity index (χ4v) is 2.98. The van der Waals surface area contributed by atoms with Gasteiger partial charge in [-0.3, -0.25) is 0 Å². The van der Waals surface area contributed by atoms with E-state index in [-0.39, 0.29) is 0 Å². The highest BCUT2D eigenvalue weighted by atomic mass is 16.5. The van der Waals surface area contributed by atoms with Crippen molar-refractivity contribution in [1.29, 1.82) is 0 Å². The van der Waals surface area contributed by atoms with E-state index in [1.807, 2.05) is 36.4 Å². The molecule has 0 spiro atoms. The molecule has 0 fully saturated rings. The Labute approximate surface area is 162 Å². The summed E-state index contributed by atoms with van der Waals surface area (Å²) in [5, 5.41) is 1.76. The number of nitrogens with two attached hydrogens (primary N) is 4. The van der Waals surface area contributed by atoms with Gasteiger partial charge in [-0.1, -0.05) is 24.3 Å². The Morgan fingerprint density at radius 1 is 0.464 bits per heavy atom. The Morgan fingerprint density at radius 3 is 1.25 bits per heavy atom. The number of fused-ring (bicyclic) bond motifs is 1. The molecule has 140 valence electrons. The largest absolute Gasteiger partial charge is 0.455 e. The third-order valence-corrected chi connectivity index (χ3v) is 4.35. The third-order valence-electron chi connectivity index (χ3n) is 4.35. The number of nitrogen functional groups attached to an aromatic ring is 4. The molecule has 6 heteroatoms. The summed E-state index contributed by atoms with van der Waals surface area (Å²) in [5.74, 6) is 2.39. The number of rotatable bonds is 4. The Balaban J connectivity index is 1.74. The van der Waals surface area contributed by atoms with E-state index >= 15 is 0 Å². The molecule has 0 aromatic heterocycles. The van der Waals surface area contributed by atoms with E-state index in [0.717, 1.165) is 10.8 Å². The van der Waals surface area contributed by atoms with Crippen LogP contribution in [-0.2, 0) is 0 Å².